The van der Waals surface area contributed by atoms with Crippen molar-refractivity contribution >= 4 is 27.3 Å². The molecule has 0 unspecified atom stereocenters. The average Bonchev–Trinajstić information content (AvgIpc) is 2.84. The van der Waals surface area contributed by atoms with Gasteiger partial charge in [0, 0.05) is 21.9 Å². The minimum atomic E-state index is 0.416. The zero-order valence-corrected chi connectivity index (χ0v) is 12.4. The number of hydrogen-bond acceptors (Lipinski definition) is 2. The van der Waals surface area contributed by atoms with Gasteiger partial charge in [-0.25, -0.2) is 0 Å². The van der Waals surface area contributed by atoms with E-state index in [1.54, 1.807) is 11.3 Å². The Hall–Kier alpha value is -0.640. The summed E-state index contributed by atoms with van der Waals surface area (Å²) in [6.45, 7) is 5.24. The highest BCUT2D eigenvalue weighted by Gasteiger charge is 2.05. The fourth-order valence-corrected chi connectivity index (χ4v) is 2.73. The van der Waals surface area contributed by atoms with Gasteiger partial charge in [-0.05, 0) is 42.5 Å². The number of rotatable bonds is 4. The Morgan fingerprint density at radius 2 is 2.18 bits per heavy atom. The van der Waals surface area contributed by atoms with Gasteiger partial charge in [0.05, 0.1) is 0 Å². The molecule has 1 heterocycles. The van der Waals surface area contributed by atoms with Crippen LogP contribution in [0.1, 0.15) is 29.0 Å². The highest BCUT2D eigenvalue weighted by Crippen LogP contribution is 2.20. The van der Waals surface area contributed by atoms with E-state index in [-0.39, 0.29) is 0 Å². The molecule has 0 saturated carbocycles. The van der Waals surface area contributed by atoms with Gasteiger partial charge in [0.25, 0.3) is 0 Å². The summed E-state index contributed by atoms with van der Waals surface area (Å²) in [7, 11) is 0. The minimum absolute atomic E-state index is 0.416. The summed E-state index contributed by atoms with van der Waals surface area (Å²) in [5.41, 5.74) is 2.61. The fourth-order valence-electron chi connectivity index (χ4n) is 1.73. The molecule has 1 nitrogen and oxygen atoms in total. The number of hydrogen-bond donors (Lipinski definition) is 1. The van der Waals surface area contributed by atoms with Crippen LogP contribution in [-0.4, -0.2) is 0 Å². The zero-order valence-electron chi connectivity index (χ0n) is 10.0. The lowest BCUT2D eigenvalue weighted by Crippen LogP contribution is -2.17. The molecule has 1 aromatic heterocycles. The quantitative estimate of drug-likeness (QED) is 0.865. The topological polar surface area (TPSA) is 12.0 Å². The van der Waals surface area contributed by atoms with Crippen LogP contribution in [0.15, 0.2) is 40.2 Å². The molecule has 17 heavy (non-hydrogen) atoms. The third-order valence-electron chi connectivity index (χ3n) is 2.80. The molecule has 0 bridgehead atoms. The van der Waals surface area contributed by atoms with E-state index in [4.69, 9.17) is 0 Å². The number of aryl methyl sites for hydroxylation is 1. The molecule has 90 valence electrons. The van der Waals surface area contributed by atoms with E-state index in [0.717, 1.165) is 6.54 Å². The van der Waals surface area contributed by atoms with Crippen LogP contribution >= 0.6 is 27.3 Å². The summed E-state index contributed by atoms with van der Waals surface area (Å²) >= 11 is 5.32. The van der Waals surface area contributed by atoms with Gasteiger partial charge in [0.1, 0.15) is 0 Å². The Morgan fingerprint density at radius 3 is 2.82 bits per heavy atom. The largest absolute Gasteiger partial charge is 0.305 e. The van der Waals surface area contributed by atoms with Crippen LogP contribution in [0.25, 0.3) is 0 Å². The van der Waals surface area contributed by atoms with Gasteiger partial charge in [0.15, 0.2) is 0 Å². The zero-order chi connectivity index (χ0) is 12.3. The first-order chi connectivity index (χ1) is 8.16. The molecule has 0 saturated heterocycles. The Kier molecular flexibility index (Phi) is 4.37. The van der Waals surface area contributed by atoms with E-state index in [9.17, 15) is 0 Å². The number of halogens is 1. The van der Waals surface area contributed by atoms with Crippen LogP contribution in [0.4, 0.5) is 0 Å². The molecule has 0 fully saturated rings. The molecule has 0 radical (unpaired) electrons. The second-order valence-corrected chi connectivity index (χ2v) is 6.04. The molecular formula is C14H16BrNS. The lowest BCUT2D eigenvalue weighted by atomic mass is 10.1. The molecule has 0 spiro atoms. The minimum Gasteiger partial charge on any atom is -0.305 e. The van der Waals surface area contributed by atoms with Crippen molar-refractivity contribution in [2.45, 2.75) is 26.4 Å². The van der Waals surface area contributed by atoms with Crippen LogP contribution < -0.4 is 5.32 Å². The lowest BCUT2D eigenvalue weighted by molar-refractivity contribution is 0.583. The van der Waals surface area contributed by atoms with Crippen molar-refractivity contribution in [3.63, 3.8) is 0 Å². The molecule has 1 atom stereocenters. The Bertz CT molecular complexity index is 479. The second-order valence-electron chi connectivity index (χ2n) is 4.20. The van der Waals surface area contributed by atoms with Crippen LogP contribution in [-0.2, 0) is 6.54 Å². The summed E-state index contributed by atoms with van der Waals surface area (Å²) in [4.78, 5) is 1.39. The SMILES string of the molecule is Cc1cc(CN[C@@H](C)c2cccs2)ccc1Br. The van der Waals surface area contributed by atoms with Gasteiger partial charge in [-0.3, -0.25) is 0 Å². The van der Waals surface area contributed by atoms with E-state index >= 15 is 0 Å². The van der Waals surface area contributed by atoms with Crippen molar-refractivity contribution in [1.29, 1.82) is 0 Å². The van der Waals surface area contributed by atoms with Crippen LogP contribution in [0.3, 0.4) is 0 Å². The predicted octanol–water partition coefficient (Wildman–Crippen LogP) is 4.67. The van der Waals surface area contributed by atoms with E-state index in [1.165, 1.54) is 20.5 Å². The molecule has 3 heteroatoms. The Morgan fingerprint density at radius 1 is 1.35 bits per heavy atom. The highest BCUT2D eigenvalue weighted by atomic mass is 79.9. The van der Waals surface area contributed by atoms with Gasteiger partial charge in [0.2, 0.25) is 0 Å². The first-order valence-corrected chi connectivity index (χ1v) is 7.36. The summed E-state index contributed by atoms with van der Waals surface area (Å²) in [5, 5.41) is 5.67. The molecular weight excluding hydrogens is 294 g/mol. The average molecular weight is 310 g/mol. The molecule has 1 N–H and O–H groups in total. The monoisotopic (exact) mass is 309 g/mol. The molecule has 1 aromatic carbocycles. The van der Waals surface area contributed by atoms with E-state index in [0.29, 0.717) is 6.04 Å². The third-order valence-corrected chi connectivity index (χ3v) is 4.75. The molecule has 0 aliphatic heterocycles. The Balaban J connectivity index is 1.96. The summed E-state index contributed by atoms with van der Waals surface area (Å²) in [6.07, 6.45) is 0. The van der Waals surface area contributed by atoms with Gasteiger partial charge in [-0.2, -0.15) is 0 Å². The molecule has 2 rings (SSSR count). The van der Waals surface area contributed by atoms with Gasteiger partial charge in [-0.15, -0.1) is 11.3 Å². The number of nitrogens with one attached hydrogen (secondary N) is 1. The van der Waals surface area contributed by atoms with Gasteiger partial charge >= 0.3 is 0 Å². The lowest BCUT2D eigenvalue weighted by Gasteiger charge is -2.12. The first-order valence-electron chi connectivity index (χ1n) is 5.68. The molecule has 0 aliphatic carbocycles. The maximum atomic E-state index is 3.54. The van der Waals surface area contributed by atoms with Gasteiger partial charge in [-0.1, -0.05) is 34.1 Å². The van der Waals surface area contributed by atoms with Crippen LogP contribution in [0.2, 0.25) is 0 Å². The third kappa shape index (κ3) is 3.41. The van der Waals surface area contributed by atoms with E-state index in [2.05, 4.69) is 70.8 Å². The number of thiophene rings is 1. The first kappa shape index (κ1) is 12.8. The van der Waals surface area contributed by atoms with Crippen molar-refractivity contribution in [3.05, 3.63) is 56.2 Å². The normalized spacial score (nSPS) is 12.6. The second kappa shape index (κ2) is 5.80. The molecule has 0 amide bonds. The summed E-state index contributed by atoms with van der Waals surface area (Å²) < 4.78 is 1.17. The van der Waals surface area contributed by atoms with E-state index in [1.807, 2.05) is 0 Å². The maximum absolute atomic E-state index is 3.54. The Labute approximate surface area is 115 Å². The van der Waals surface area contributed by atoms with Crippen LogP contribution in [0.5, 0.6) is 0 Å². The van der Waals surface area contributed by atoms with Crippen molar-refractivity contribution in [2.24, 2.45) is 0 Å². The highest BCUT2D eigenvalue weighted by molar-refractivity contribution is 9.10. The van der Waals surface area contributed by atoms with E-state index < -0.39 is 0 Å². The van der Waals surface area contributed by atoms with Crippen molar-refractivity contribution in [2.75, 3.05) is 0 Å². The summed E-state index contributed by atoms with van der Waals surface area (Å²) in [6, 6.07) is 11.2. The fraction of sp³-hybridized carbons (Fsp3) is 0.286. The van der Waals surface area contributed by atoms with Crippen molar-refractivity contribution < 1.29 is 0 Å². The number of benzene rings is 1. The molecule has 2 aromatic rings. The van der Waals surface area contributed by atoms with Gasteiger partial charge < -0.3 is 5.32 Å². The molecule has 0 aliphatic rings. The summed E-state index contributed by atoms with van der Waals surface area (Å²) in [5.74, 6) is 0. The smallest absolute Gasteiger partial charge is 0.0388 e. The van der Waals surface area contributed by atoms with Crippen molar-refractivity contribution in [3.8, 4) is 0 Å². The van der Waals surface area contributed by atoms with Crippen LogP contribution in [0, 0.1) is 6.92 Å². The van der Waals surface area contributed by atoms with Crippen molar-refractivity contribution in [1.82, 2.24) is 5.32 Å². The standard InChI is InChI=1S/C14H16BrNS/c1-10-8-12(5-6-13(10)15)9-16-11(2)14-4-3-7-17-14/h3-8,11,16H,9H2,1-2H3/t11-/m0/s1. The maximum Gasteiger partial charge on any atom is 0.0388 e. The predicted molar refractivity (Wildman–Crippen MR) is 78.5 cm³/mol.